The fourth-order valence-electron chi connectivity index (χ4n) is 3.67. The van der Waals surface area contributed by atoms with E-state index in [9.17, 15) is 9.59 Å². The average molecular weight is 412 g/mol. The molecule has 1 unspecified atom stereocenters. The van der Waals surface area contributed by atoms with Gasteiger partial charge in [0.15, 0.2) is 5.17 Å². The van der Waals surface area contributed by atoms with Gasteiger partial charge in [-0.15, -0.1) is 0 Å². The number of hydrogen-bond acceptors (Lipinski definition) is 6. The molecule has 6 nitrogen and oxygen atoms in total. The smallest absolute Gasteiger partial charge is 0.338 e. The van der Waals surface area contributed by atoms with Crippen molar-refractivity contribution in [3.8, 4) is 0 Å². The van der Waals surface area contributed by atoms with Gasteiger partial charge in [-0.1, -0.05) is 49.0 Å². The van der Waals surface area contributed by atoms with E-state index in [-0.39, 0.29) is 24.3 Å². The predicted molar refractivity (Wildman–Crippen MR) is 114 cm³/mol. The number of nitrogens with zero attached hydrogens (tertiary/aromatic N) is 2. The number of amides is 1. The lowest BCUT2D eigenvalue weighted by Gasteiger charge is -2.36. The summed E-state index contributed by atoms with van der Waals surface area (Å²) in [6.45, 7) is 2.73. The number of methoxy groups -OCH3 is 1. The van der Waals surface area contributed by atoms with Gasteiger partial charge in [0.05, 0.1) is 30.8 Å². The van der Waals surface area contributed by atoms with Crippen molar-refractivity contribution in [1.82, 2.24) is 10.2 Å². The van der Waals surface area contributed by atoms with E-state index in [2.05, 4.69) is 5.32 Å². The molecule has 2 heterocycles. The van der Waals surface area contributed by atoms with Crippen LogP contribution in [0.25, 0.3) is 0 Å². The standard InChI is InChI=1S/C22H25N3O3S/c1-3-17-19(21(27)28-2)20(15-7-5-4-6-8-15)25-16(13-29-22(25)24-17)11-18(26)23-12-14-9-10-14/h4-8,13-14,20H,3,9-12H2,1-2H3,(H,23,26). The number of rotatable bonds is 7. The topological polar surface area (TPSA) is 71.0 Å². The molecule has 1 aromatic rings. The monoisotopic (exact) mass is 411 g/mol. The lowest BCUT2D eigenvalue weighted by atomic mass is 9.93. The molecule has 3 aliphatic rings. The summed E-state index contributed by atoms with van der Waals surface area (Å²) in [4.78, 5) is 32.0. The maximum Gasteiger partial charge on any atom is 0.338 e. The van der Waals surface area contributed by atoms with Gasteiger partial charge >= 0.3 is 5.97 Å². The molecule has 0 aromatic heterocycles. The molecule has 1 aliphatic carbocycles. The molecule has 0 radical (unpaired) electrons. The van der Waals surface area contributed by atoms with Crippen molar-refractivity contribution < 1.29 is 14.3 Å². The number of benzene rings is 1. The molecule has 152 valence electrons. The minimum absolute atomic E-state index is 0.00157. The van der Waals surface area contributed by atoms with Gasteiger partial charge < -0.3 is 15.0 Å². The third kappa shape index (κ3) is 4.10. The molecule has 0 spiro atoms. The lowest BCUT2D eigenvalue weighted by molar-refractivity contribution is -0.136. The quantitative estimate of drug-likeness (QED) is 0.692. The Morgan fingerprint density at radius 3 is 2.69 bits per heavy atom. The van der Waals surface area contributed by atoms with E-state index in [0.717, 1.165) is 28.7 Å². The summed E-state index contributed by atoms with van der Waals surface area (Å²) in [5.74, 6) is 0.255. The Morgan fingerprint density at radius 1 is 1.28 bits per heavy atom. The zero-order valence-electron chi connectivity index (χ0n) is 16.7. The number of aliphatic imine (C=N–C) groups is 1. The van der Waals surface area contributed by atoms with E-state index in [0.29, 0.717) is 17.9 Å². The van der Waals surface area contributed by atoms with Crippen LogP contribution >= 0.6 is 11.8 Å². The first-order chi connectivity index (χ1) is 14.1. The fraction of sp³-hybridized carbons (Fsp3) is 0.409. The fourth-order valence-corrected chi connectivity index (χ4v) is 4.61. The van der Waals surface area contributed by atoms with Crippen LogP contribution in [-0.4, -0.2) is 35.6 Å². The van der Waals surface area contributed by atoms with E-state index in [4.69, 9.17) is 9.73 Å². The Kier molecular flexibility index (Phi) is 5.76. The van der Waals surface area contributed by atoms with E-state index in [1.165, 1.54) is 31.7 Å². The van der Waals surface area contributed by atoms with Crippen molar-refractivity contribution in [2.45, 2.75) is 38.6 Å². The van der Waals surface area contributed by atoms with Gasteiger partial charge in [-0.05, 0) is 36.2 Å². The maximum atomic E-state index is 12.7. The number of ether oxygens (including phenoxy) is 1. The zero-order valence-corrected chi connectivity index (χ0v) is 17.5. The summed E-state index contributed by atoms with van der Waals surface area (Å²) in [5.41, 5.74) is 3.10. The summed E-state index contributed by atoms with van der Waals surface area (Å²) in [7, 11) is 1.39. The minimum Gasteiger partial charge on any atom is -0.466 e. The van der Waals surface area contributed by atoms with Crippen molar-refractivity contribution in [2.24, 2.45) is 10.9 Å². The number of carbonyl (C=O) groups excluding carboxylic acids is 2. The highest BCUT2D eigenvalue weighted by molar-refractivity contribution is 8.16. The highest BCUT2D eigenvalue weighted by atomic mass is 32.2. The van der Waals surface area contributed by atoms with Crippen LogP contribution in [0.1, 0.15) is 44.2 Å². The summed E-state index contributed by atoms with van der Waals surface area (Å²) in [6, 6.07) is 9.50. The van der Waals surface area contributed by atoms with Crippen LogP contribution in [0, 0.1) is 5.92 Å². The molecule has 0 bridgehead atoms. The minimum atomic E-state index is -0.382. The predicted octanol–water partition coefficient (Wildman–Crippen LogP) is 3.74. The molecular weight excluding hydrogens is 386 g/mol. The third-order valence-electron chi connectivity index (χ3n) is 5.37. The van der Waals surface area contributed by atoms with E-state index in [1.54, 1.807) is 0 Å². The Morgan fingerprint density at radius 2 is 2.03 bits per heavy atom. The summed E-state index contributed by atoms with van der Waals surface area (Å²) in [5, 5.41) is 5.80. The Bertz CT molecular complexity index is 903. The van der Waals surface area contributed by atoms with Crippen LogP contribution in [0.3, 0.4) is 0 Å². The average Bonchev–Trinajstić information content (AvgIpc) is 3.51. The van der Waals surface area contributed by atoms with E-state index >= 15 is 0 Å². The number of nitrogens with one attached hydrogen (secondary N) is 1. The molecule has 1 atom stereocenters. The second-order valence-electron chi connectivity index (χ2n) is 7.43. The van der Waals surface area contributed by atoms with Crippen LogP contribution < -0.4 is 5.32 Å². The van der Waals surface area contributed by atoms with Crippen LogP contribution in [-0.2, 0) is 14.3 Å². The van der Waals surface area contributed by atoms with Crippen molar-refractivity contribution >= 4 is 28.8 Å². The van der Waals surface area contributed by atoms with E-state index < -0.39 is 0 Å². The molecule has 1 fully saturated rings. The van der Waals surface area contributed by atoms with Gasteiger partial charge in [-0.2, -0.15) is 0 Å². The number of carbonyl (C=O) groups is 2. The maximum absolute atomic E-state index is 12.7. The van der Waals surface area contributed by atoms with Crippen LogP contribution in [0.4, 0.5) is 0 Å². The van der Waals surface area contributed by atoms with Crippen LogP contribution in [0.2, 0.25) is 0 Å². The Balaban J connectivity index is 1.67. The summed E-state index contributed by atoms with van der Waals surface area (Å²) in [6.07, 6.45) is 3.29. The number of amidine groups is 1. The number of fused-ring (bicyclic) bond motifs is 1. The van der Waals surface area contributed by atoms with Crippen molar-refractivity contribution in [1.29, 1.82) is 0 Å². The van der Waals surface area contributed by atoms with Gasteiger partial charge in [0, 0.05) is 12.2 Å². The molecule has 4 rings (SSSR count). The largest absolute Gasteiger partial charge is 0.466 e. The second-order valence-corrected chi connectivity index (χ2v) is 8.27. The van der Waals surface area contributed by atoms with Gasteiger partial charge in [-0.25, -0.2) is 9.79 Å². The van der Waals surface area contributed by atoms with Gasteiger partial charge in [-0.3, -0.25) is 4.79 Å². The number of allylic oxidation sites excluding steroid dienone is 1. The van der Waals surface area contributed by atoms with Gasteiger partial charge in [0.1, 0.15) is 0 Å². The molecule has 0 saturated heterocycles. The Hall–Kier alpha value is -2.54. The first-order valence-corrected chi connectivity index (χ1v) is 10.9. The van der Waals surface area contributed by atoms with Crippen molar-refractivity contribution in [3.63, 3.8) is 0 Å². The van der Waals surface area contributed by atoms with Crippen LogP contribution in [0.5, 0.6) is 0 Å². The van der Waals surface area contributed by atoms with Crippen molar-refractivity contribution in [3.05, 3.63) is 58.3 Å². The molecule has 2 aliphatic heterocycles. The molecule has 1 amide bonds. The Labute approximate surface area is 175 Å². The summed E-state index contributed by atoms with van der Waals surface area (Å²) < 4.78 is 5.11. The molecule has 1 aromatic carbocycles. The molecule has 7 heteroatoms. The molecule has 1 saturated carbocycles. The normalized spacial score (nSPS) is 20.8. The van der Waals surface area contributed by atoms with Gasteiger partial charge in [0.2, 0.25) is 5.91 Å². The number of esters is 1. The zero-order chi connectivity index (χ0) is 20.4. The van der Waals surface area contributed by atoms with Crippen LogP contribution in [0.15, 0.2) is 57.7 Å². The SMILES string of the molecule is CCC1=C(C(=O)OC)C(c2ccccc2)N2C(CC(=O)NCC3CC3)=CSC2=N1. The first-order valence-electron chi connectivity index (χ1n) is 9.99. The number of hydrogen-bond donors (Lipinski definition) is 1. The second kappa shape index (κ2) is 8.45. The van der Waals surface area contributed by atoms with Crippen molar-refractivity contribution in [2.75, 3.05) is 13.7 Å². The molecule has 29 heavy (non-hydrogen) atoms. The highest BCUT2D eigenvalue weighted by Gasteiger charge is 2.41. The molecule has 1 N–H and O–H groups in total. The lowest BCUT2D eigenvalue weighted by Crippen LogP contribution is -2.38. The van der Waals surface area contributed by atoms with Gasteiger partial charge in [0.25, 0.3) is 0 Å². The molecular formula is C22H25N3O3S. The van der Waals surface area contributed by atoms with E-state index in [1.807, 2.05) is 47.6 Å². The first kappa shape index (κ1) is 19.8. The summed E-state index contributed by atoms with van der Waals surface area (Å²) >= 11 is 1.50. The highest BCUT2D eigenvalue weighted by Crippen LogP contribution is 2.45. The number of thioether (sulfide) groups is 1. The third-order valence-corrected chi connectivity index (χ3v) is 6.26.